The van der Waals surface area contributed by atoms with Gasteiger partial charge in [-0.3, -0.25) is 5.32 Å². The van der Waals surface area contributed by atoms with E-state index in [9.17, 15) is 0 Å². The molecule has 0 saturated carbocycles. The Morgan fingerprint density at radius 2 is 2.47 bits per heavy atom. The molecular weight excluding hydrogens is 254 g/mol. The number of nitrogens with two attached hydrogens (primary N) is 1. The van der Waals surface area contributed by atoms with Crippen molar-refractivity contribution < 1.29 is 0 Å². The minimum atomic E-state index is 0.543. The normalized spacial score (nSPS) is 11.4. The first-order chi connectivity index (χ1) is 8.22. The molecule has 0 spiro atoms. The fourth-order valence-electron chi connectivity index (χ4n) is 1.29. The number of benzene rings is 1. The van der Waals surface area contributed by atoms with Crippen LogP contribution in [0.2, 0.25) is 0 Å². The van der Waals surface area contributed by atoms with Gasteiger partial charge in [-0.25, -0.2) is 9.98 Å². The minimum Gasteiger partial charge on any atom is -0.375 e. The van der Waals surface area contributed by atoms with Gasteiger partial charge in [-0.05, 0) is 24.5 Å². The lowest BCUT2D eigenvalue weighted by molar-refractivity contribution is 1.28. The number of thiazole rings is 1. The van der Waals surface area contributed by atoms with E-state index in [2.05, 4.69) is 15.3 Å². The monoisotopic (exact) mass is 263 g/mol. The van der Waals surface area contributed by atoms with Crippen molar-refractivity contribution in [1.29, 1.82) is 5.26 Å². The van der Waals surface area contributed by atoms with Gasteiger partial charge in [0.05, 0.1) is 15.9 Å². The first kappa shape index (κ1) is 11.7. The highest BCUT2D eigenvalue weighted by Gasteiger charge is 2.02. The molecule has 7 heteroatoms. The number of aliphatic imine (C=N–C) groups is 1. The van der Waals surface area contributed by atoms with E-state index in [1.165, 1.54) is 23.1 Å². The topological polar surface area (TPSA) is 87.1 Å². The average Bonchev–Trinajstić information content (AvgIpc) is 2.68. The summed E-state index contributed by atoms with van der Waals surface area (Å²) in [6.07, 6.45) is 3.69. The molecule has 2 rings (SSSR count). The van der Waals surface area contributed by atoms with Crippen molar-refractivity contribution in [2.75, 3.05) is 12.0 Å². The largest absolute Gasteiger partial charge is 0.375 e. The molecule has 3 N–H and O–H groups in total. The average molecular weight is 263 g/mol. The van der Waals surface area contributed by atoms with E-state index in [4.69, 9.17) is 11.0 Å². The lowest BCUT2D eigenvalue weighted by Crippen LogP contribution is -2.12. The molecule has 0 amide bonds. The lowest BCUT2D eigenvalue weighted by Gasteiger charge is -1.99. The van der Waals surface area contributed by atoms with Gasteiger partial charge in [0.25, 0.3) is 0 Å². The molecule has 0 aliphatic carbocycles. The van der Waals surface area contributed by atoms with E-state index in [1.807, 2.05) is 30.6 Å². The fraction of sp³-hybridized carbons (Fsp3) is 0.100. The van der Waals surface area contributed by atoms with Crippen LogP contribution in [0.3, 0.4) is 0 Å². The first-order valence-electron chi connectivity index (χ1n) is 4.67. The summed E-state index contributed by atoms with van der Waals surface area (Å²) in [7, 11) is 0. The van der Waals surface area contributed by atoms with Gasteiger partial charge in [-0.2, -0.15) is 5.26 Å². The van der Waals surface area contributed by atoms with Crippen LogP contribution in [-0.4, -0.2) is 16.4 Å². The van der Waals surface area contributed by atoms with Gasteiger partial charge in [0.2, 0.25) is 0 Å². The van der Waals surface area contributed by atoms with Crippen LogP contribution in [0.15, 0.2) is 23.2 Å². The minimum absolute atomic E-state index is 0.543. The molecule has 5 nitrogen and oxygen atoms in total. The molecule has 1 aromatic heterocycles. The molecule has 2 aromatic rings. The Morgan fingerprint density at radius 3 is 3.18 bits per heavy atom. The quantitative estimate of drug-likeness (QED) is 0.357. The third kappa shape index (κ3) is 2.67. The van der Waals surface area contributed by atoms with Crippen LogP contribution in [0.1, 0.15) is 0 Å². The van der Waals surface area contributed by atoms with Gasteiger partial charge in [0.15, 0.2) is 16.5 Å². The van der Waals surface area contributed by atoms with Gasteiger partial charge in [-0.15, -0.1) is 0 Å². The van der Waals surface area contributed by atoms with Crippen molar-refractivity contribution >= 4 is 49.3 Å². The molecule has 0 fully saturated rings. The molecule has 0 radical (unpaired) electrons. The highest BCUT2D eigenvalue weighted by molar-refractivity contribution is 8.13. The molecule has 0 aliphatic rings. The maximum absolute atomic E-state index is 8.54. The van der Waals surface area contributed by atoms with Gasteiger partial charge in [0.1, 0.15) is 0 Å². The van der Waals surface area contributed by atoms with Gasteiger partial charge in [-0.1, -0.05) is 23.1 Å². The van der Waals surface area contributed by atoms with Gasteiger partial charge in [0, 0.05) is 0 Å². The smallest absolute Gasteiger partial charge is 0.183 e. The number of hydrogen-bond acceptors (Lipinski definition) is 6. The van der Waals surface area contributed by atoms with Crippen molar-refractivity contribution in [3.8, 4) is 6.19 Å². The first-order valence-corrected chi connectivity index (χ1v) is 6.71. The SMILES string of the molecule is CSC(=Nc1ccc2sc(N)nc2c1)NC#N. The van der Waals surface area contributed by atoms with Crippen LogP contribution in [-0.2, 0) is 0 Å². The van der Waals surface area contributed by atoms with Crippen LogP contribution >= 0.6 is 23.1 Å². The van der Waals surface area contributed by atoms with Gasteiger partial charge >= 0.3 is 0 Å². The number of anilines is 1. The highest BCUT2D eigenvalue weighted by atomic mass is 32.2. The maximum Gasteiger partial charge on any atom is 0.183 e. The van der Waals surface area contributed by atoms with Crippen LogP contribution in [0.5, 0.6) is 0 Å². The van der Waals surface area contributed by atoms with Crippen molar-refractivity contribution in [3.05, 3.63) is 18.2 Å². The van der Waals surface area contributed by atoms with Crippen LogP contribution in [0.25, 0.3) is 10.2 Å². The summed E-state index contributed by atoms with van der Waals surface area (Å²) < 4.78 is 1.03. The molecule has 0 aliphatic heterocycles. The summed E-state index contributed by atoms with van der Waals surface area (Å²) in [4.78, 5) is 8.48. The van der Waals surface area contributed by atoms with E-state index in [1.54, 1.807) is 0 Å². The van der Waals surface area contributed by atoms with Crippen molar-refractivity contribution in [3.63, 3.8) is 0 Å². The second kappa shape index (κ2) is 5.03. The molecule has 17 heavy (non-hydrogen) atoms. The molecular formula is C10H9N5S2. The zero-order valence-corrected chi connectivity index (χ0v) is 10.6. The number of thioether (sulfide) groups is 1. The summed E-state index contributed by atoms with van der Waals surface area (Å²) in [5.74, 6) is 0. The van der Waals surface area contributed by atoms with E-state index in [0.29, 0.717) is 10.3 Å². The zero-order valence-electron chi connectivity index (χ0n) is 8.97. The summed E-state index contributed by atoms with van der Waals surface area (Å²) in [6, 6.07) is 5.64. The van der Waals surface area contributed by atoms with E-state index < -0.39 is 0 Å². The van der Waals surface area contributed by atoms with E-state index >= 15 is 0 Å². The number of nitrogens with zero attached hydrogens (tertiary/aromatic N) is 3. The van der Waals surface area contributed by atoms with Crippen LogP contribution in [0.4, 0.5) is 10.8 Å². The summed E-state index contributed by atoms with van der Waals surface area (Å²) >= 11 is 2.81. The van der Waals surface area contributed by atoms with Crippen LogP contribution in [0, 0.1) is 11.5 Å². The molecule has 0 saturated heterocycles. The maximum atomic E-state index is 8.54. The number of fused-ring (bicyclic) bond motifs is 1. The van der Waals surface area contributed by atoms with E-state index in [0.717, 1.165) is 15.9 Å². The summed E-state index contributed by atoms with van der Waals surface area (Å²) in [5, 5.41) is 12.1. The number of nitrogens with one attached hydrogen (secondary N) is 1. The number of aromatic nitrogens is 1. The van der Waals surface area contributed by atoms with Gasteiger partial charge < -0.3 is 5.73 Å². The molecule has 86 valence electrons. The Kier molecular flexibility index (Phi) is 3.46. The molecule has 1 aromatic carbocycles. The number of amidine groups is 1. The van der Waals surface area contributed by atoms with Crippen molar-refractivity contribution in [1.82, 2.24) is 10.3 Å². The van der Waals surface area contributed by atoms with E-state index in [-0.39, 0.29) is 0 Å². The Bertz CT molecular complexity index is 611. The second-order valence-corrected chi connectivity index (χ2v) is 4.92. The zero-order chi connectivity index (χ0) is 12.3. The lowest BCUT2D eigenvalue weighted by atomic mass is 10.3. The standard InChI is InChI=1S/C10H9N5S2/c1-16-10(13-5-11)14-6-2-3-8-7(4-6)15-9(12)17-8/h2-4H,1H3,(H2,12,15)(H,13,14). The molecule has 1 heterocycles. The third-order valence-electron chi connectivity index (χ3n) is 1.97. The molecule has 0 unspecified atom stereocenters. The summed E-state index contributed by atoms with van der Waals surface area (Å²) in [6.45, 7) is 0. The number of rotatable bonds is 1. The van der Waals surface area contributed by atoms with Crippen molar-refractivity contribution in [2.24, 2.45) is 4.99 Å². The number of hydrogen-bond donors (Lipinski definition) is 2. The second-order valence-electron chi connectivity index (χ2n) is 3.06. The molecule has 0 atom stereocenters. The Morgan fingerprint density at radius 1 is 1.65 bits per heavy atom. The fourth-order valence-corrected chi connectivity index (χ4v) is 2.35. The Labute approximate surface area is 106 Å². The summed E-state index contributed by atoms with van der Waals surface area (Å²) in [5.41, 5.74) is 7.20. The highest BCUT2D eigenvalue weighted by Crippen LogP contribution is 2.27. The van der Waals surface area contributed by atoms with Crippen molar-refractivity contribution in [2.45, 2.75) is 0 Å². The third-order valence-corrected chi connectivity index (χ3v) is 3.42. The molecule has 0 bridgehead atoms. The van der Waals surface area contributed by atoms with Crippen LogP contribution < -0.4 is 11.1 Å². The Balaban J connectivity index is 2.39. The number of nitrogen functional groups attached to an aromatic ring is 1. The predicted octanol–water partition coefficient (Wildman–Crippen LogP) is 2.30. The number of nitriles is 1. The predicted molar refractivity (Wildman–Crippen MR) is 73.4 cm³/mol. The Hall–Kier alpha value is -1.78.